The first-order chi connectivity index (χ1) is 7.13. The summed E-state index contributed by atoms with van der Waals surface area (Å²) in [5.74, 6) is 0.379. The molecule has 82 valence electrons. The van der Waals surface area contributed by atoms with Gasteiger partial charge in [0.25, 0.3) is 0 Å². The Morgan fingerprint density at radius 2 is 2.00 bits per heavy atom. The van der Waals surface area contributed by atoms with Crippen LogP contribution in [0.1, 0.15) is 31.2 Å². The molecular formula is C12H16O3. The van der Waals surface area contributed by atoms with Crippen molar-refractivity contribution < 1.29 is 14.6 Å². The normalized spacial score (nSPS) is 12.1. The van der Waals surface area contributed by atoms with Crippen LogP contribution in [-0.2, 0) is 9.53 Å². The summed E-state index contributed by atoms with van der Waals surface area (Å²) < 4.78 is 4.58. The van der Waals surface area contributed by atoms with Crippen molar-refractivity contribution in [1.29, 1.82) is 0 Å². The van der Waals surface area contributed by atoms with Crippen molar-refractivity contribution in [2.24, 2.45) is 0 Å². The average Bonchev–Trinajstić information content (AvgIpc) is 2.26. The van der Waals surface area contributed by atoms with Crippen molar-refractivity contribution >= 4 is 5.97 Å². The van der Waals surface area contributed by atoms with E-state index in [2.05, 4.69) is 11.7 Å². The molecule has 1 unspecified atom stereocenters. The van der Waals surface area contributed by atoms with Gasteiger partial charge in [0.2, 0.25) is 0 Å². The number of hydrogen-bond donors (Lipinski definition) is 1. The highest BCUT2D eigenvalue weighted by Gasteiger charge is 2.08. The number of hydrogen-bond acceptors (Lipinski definition) is 3. The Morgan fingerprint density at radius 1 is 1.40 bits per heavy atom. The van der Waals surface area contributed by atoms with Crippen LogP contribution in [0.5, 0.6) is 5.75 Å². The van der Waals surface area contributed by atoms with Gasteiger partial charge in [-0.2, -0.15) is 0 Å². The van der Waals surface area contributed by atoms with Gasteiger partial charge < -0.3 is 9.84 Å². The maximum Gasteiger partial charge on any atom is 0.305 e. The largest absolute Gasteiger partial charge is 0.508 e. The van der Waals surface area contributed by atoms with Crippen molar-refractivity contribution in [1.82, 2.24) is 0 Å². The number of carbonyl (C=O) groups is 1. The quantitative estimate of drug-likeness (QED) is 0.773. The first-order valence-electron chi connectivity index (χ1n) is 4.99. The Bertz CT molecular complexity index is 316. The second-order valence-corrected chi connectivity index (χ2v) is 3.61. The molecule has 0 fully saturated rings. The number of aromatic hydroxyl groups is 1. The zero-order chi connectivity index (χ0) is 11.3. The second kappa shape index (κ2) is 5.39. The Balaban J connectivity index is 2.50. The van der Waals surface area contributed by atoms with Gasteiger partial charge in [-0.1, -0.05) is 19.1 Å². The van der Waals surface area contributed by atoms with Crippen LogP contribution < -0.4 is 0 Å². The Morgan fingerprint density at radius 3 is 2.53 bits per heavy atom. The van der Waals surface area contributed by atoms with E-state index in [1.165, 1.54) is 7.11 Å². The van der Waals surface area contributed by atoms with Crippen LogP contribution in [0.2, 0.25) is 0 Å². The van der Waals surface area contributed by atoms with Crippen molar-refractivity contribution in [3.8, 4) is 5.75 Å². The van der Waals surface area contributed by atoms with Gasteiger partial charge in [-0.15, -0.1) is 0 Å². The first kappa shape index (κ1) is 11.6. The molecule has 1 rings (SSSR count). The third kappa shape index (κ3) is 3.62. The molecular weight excluding hydrogens is 192 g/mol. The molecule has 0 aliphatic heterocycles. The Labute approximate surface area is 89.7 Å². The Kier molecular flexibility index (Phi) is 4.16. The van der Waals surface area contributed by atoms with Crippen LogP contribution in [0, 0.1) is 0 Å². The van der Waals surface area contributed by atoms with E-state index in [0.717, 1.165) is 12.0 Å². The van der Waals surface area contributed by atoms with Gasteiger partial charge >= 0.3 is 5.97 Å². The predicted molar refractivity (Wildman–Crippen MR) is 57.8 cm³/mol. The van der Waals surface area contributed by atoms with Crippen LogP contribution in [0.15, 0.2) is 24.3 Å². The molecule has 0 heterocycles. The lowest BCUT2D eigenvalue weighted by Gasteiger charge is -2.10. The van der Waals surface area contributed by atoms with Crippen LogP contribution >= 0.6 is 0 Å². The fraction of sp³-hybridized carbons (Fsp3) is 0.417. The zero-order valence-electron chi connectivity index (χ0n) is 9.06. The van der Waals surface area contributed by atoms with Crippen molar-refractivity contribution in [3.63, 3.8) is 0 Å². The molecule has 1 atom stereocenters. The summed E-state index contributed by atoms with van der Waals surface area (Å²) in [4.78, 5) is 10.9. The van der Waals surface area contributed by atoms with Gasteiger partial charge in [-0.3, -0.25) is 4.79 Å². The molecule has 0 bridgehead atoms. The first-order valence-corrected chi connectivity index (χ1v) is 4.99. The van der Waals surface area contributed by atoms with Crippen LogP contribution in [-0.4, -0.2) is 18.2 Å². The van der Waals surface area contributed by atoms with Crippen molar-refractivity contribution in [2.45, 2.75) is 25.7 Å². The fourth-order valence-corrected chi connectivity index (χ4v) is 1.41. The average molecular weight is 208 g/mol. The molecule has 15 heavy (non-hydrogen) atoms. The SMILES string of the molecule is COC(=O)CCC(C)c1ccc(O)cc1. The molecule has 0 aliphatic carbocycles. The molecule has 3 nitrogen and oxygen atoms in total. The molecule has 1 aromatic rings. The highest BCUT2D eigenvalue weighted by Crippen LogP contribution is 2.22. The monoisotopic (exact) mass is 208 g/mol. The minimum atomic E-state index is -0.180. The molecule has 0 amide bonds. The van der Waals surface area contributed by atoms with E-state index in [1.807, 2.05) is 12.1 Å². The highest BCUT2D eigenvalue weighted by molar-refractivity contribution is 5.69. The molecule has 0 saturated heterocycles. The molecule has 3 heteroatoms. The number of carbonyl (C=O) groups excluding carboxylic acids is 1. The van der Waals surface area contributed by atoms with Crippen molar-refractivity contribution in [2.75, 3.05) is 7.11 Å². The smallest absolute Gasteiger partial charge is 0.305 e. The summed E-state index contributed by atoms with van der Waals surface area (Å²) in [7, 11) is 1.40. The van der Waals surface area contributed by atoms with Crippen LogP contribution in [0.25, 0.3) is 0 Å². The number of phenolic OH excluding ortho intramolecular Hbond substituents is 1. The van der Waals surface area contributed by atoms with Crippen LogP contribution in [0.3, 0.4) is 0 Å². The summed E-state index contributed by atoms with van der Waals surface area (Å²) in [6, 6.07) is 7.06. The van der Waals surface area contributed by atoms with Gasteiger partial charge in [-0.05, 0) is 30.0 Å². The number of methoxy groups -OCH3 is 1. The van der Waals surface area contributed by atoms with Crippen LogP contribution in [0.4, 0.5) is 0 Å². The summed E-state index contributed by atoms with van der Waals surface area (Å²) in [5.41, 5.74) is 1.12. The van der Waals surface area contributed by atoms with Crippen molar-refractivity contribution in [3.05, 3.63) is 29.8 Å². The van der Waals surface area contributed by atoms with Gasteiger partial charge in [-0.25, -0.2) is 0 Å². The molecule has 1 N–H and O–H groups in total. The van der Waals surface area contributed by atoms with Gasteiger partial charge in [0.05, 0.1) is 7.11 Å². The highest BCUT2D eigenvalue weighted by atomic mass is 16.5. The summed E-state index contributed by atoms with van der Waals surface area (Å²) in [6.07, 6.45) is 1.19. The number of phenols is 1. The second-order valence-electron chi connectivity index (χ2n) is 3.61. The minimum absolute atomic E-state index is 0.180. The number of ether oxygens (including phenoxy) is 1. The molecule has 0 radical (unpaired) electrons. The topological polar surface area (TPSA) is 46.5 Å². The van der Waals surface area contributed by atoms with E-state index < -0.39 is 0 Å². The molecule has 1 aromatic carbocycles. The lowest BCUT2D eigenvalue weighted by atomic mass is 9.96. The third-order valence-corrected chi connectivity index (χ3v) is 2.47. The van der Waals surface area contributed by atoms with Gasteiger partial charge in [0, 0.05) is 6.42 Å². The van der Waals surface area contributed by atoms with E-state index in [4.69, 9.17) is 5.11 Å². The number of benzene rings is 1. The molecule has 0 spiro atoms. The van der Waals surface area contributed by atoms with E-state index >= 15 is 0 Å². The lowest BCUT2D eigenvalue weighted by molar-refractivity contribution is -0.140. The van der Waals surface area contributed by atoms with Gasteiger partial charge in [0.15, 0.2) is 0 Å². The summed E-state index contributed by atoms with van der Waals surface area (Å²) in [6.45, 7) is 2.05. The maximum atomic E-state index is 10.9. The summed E-state index contributed by atoms with van der Waals surface area (Å²) in [5, 5.41) is 9.12. The minimum Gasteiger partial charge on any atom is -0.508 e. The third-order valence-electron chi connectivity index (χ3n) is 2.47. The fourth-order valence-electron chi connectivity index (χ4n) is 1.41. The summed E-state index contributed by atoms with van der Waals surface area (Å²) >= 11 is 0. The molecule has 0 saturated carbocycles. The molecule has 0 aliphatic rings. The maximum absolute atomic E-state index is 10.9. The number of rotatable bonds is 4. The molecule has 0 aromatic heterocycles. The zero-order valence-corrected chi connectivity index (χ0v) is 9.06. The van der Waals surface area contributed by atoms with Gasteiger partial charge in [0.1, 0.15) is 5.75 Å². The lowest BCUT2D eigenvalue weighted by Crippen LogP contribution is -2.03. The van der Waals surface area contributed by atoms with E-state index in [-0.39, 0.29) is 11.7 Å². The number of esters is 1. The standard InChI is InChI=1S/C12H16O3/c1-9(3-8-12(14)15-2)10-4-6-11(13)7-5-10/h4-7,9,13H,3,8H2,1-2H3. The Hall–Kier alpha value is -1.51. The van der Waals surface area contributed by atoms with E-state index in [0.29, 0.717) is 12.3 Å². The van der Waals surface area contributed by atoms with E-state index in [1.54, 1.807) is 12.1 Å². The predicted octanol–water partition coefficient (Wildman–Crippen LogP) is 2.45. The van der Waals surface area contributed by atoms with E-state index in [9.17, 15) is 4.79 Å².